The van der Waals surface area contributed by atoms with Crippen molar-refractivity contribution in [1.82, 2.24) is 25.4 Å². The van der Waals surface area contributed by atoms with Gasteiger partial charge in [0.25, 0.3) is 0 Å². The molecule has 0 spiro atoms. The number of hydrogen-bond donors (Lipinski definition) is 3. The molecule has 3 atom stereocenters. The number of aliphatic hydroxyl groups is 1. The second-order valence-electron chi connectivity index (χ2n) is 11.0. The smallest absolute Gasteiger partial charge is 0.338 e. The molecule has 2 fully saturated rings. The highest BCUT2D eigenvalue weighted by Crippen LogP contribution is 2.37. The van der Waals surface area contributed by atoms with Crippen LogP contribution in [0.5, 0.6) is 0 Å². The summed E-state index contributed by atoms with van der Waals surface area (Å²) in [6, 6.07) is 4.98. The average Bonchev–Trinajstić information content (AvgIpc) is 3.38. The lowest BCUT2D eigenvalue weighted by Crippen LogP contribution is -2.58. The van der Waals surface area contributed by atoms with E-state index in [0.717, 1.165) is 50.6 Å². The van der Waals surface area contributed by atoms with E-state index in [-0.39, 0.29) is 29.5 Å². The first-order valence-corrected chi connectivity index (χ1v) is 14.2. The van der Waals surface area contributed by atoms with Crippen molar-refractivity contribution in [2.45, 2.75) is 55.8 Å². The van der Waals surface area contributed by atoms with Crippen molar-refractivity contribution < 1.29 is 37.7 Å². The number of pyridine rings is 1. The monoisotopic (exact) mass is 599 g/mol. The van der Waals surface area contributed by atoms with Gasteiger partial charge in [-0.2, -0.15) is 0 Å². The highest BCUT2D eigenvalue weighted by Gasteiger charge is 2.45. The number of benzene rings is 1. The zero-order valence-electron chi connectivity index (χ0n) is 24.0. The Morgan fingerprint density at radius 2 is 1.86 bits per heavy atom. The Bertz CT molecular complexity index is 1380. The molecule has 0 bridgehead atoms. The number of urea groups is 2. The lowest BCUT2D eigenvalue weighted by atomic mass is 9.83. The van der Waals surface area contributed by atoms with Crippen LogP contribution in [0.3, 0.4) is 0 Å². The Morgan fingerprint density at radius 3 is 2.51 bits per heavy atom. The van der Waals surface area contributed by atoms with Crippen LogP contribution in [0.4, 0.5) is 18.4 Å². The molecule has 2 aromatic rings. The molecule has 1 saturated carbocycles. The minimum absolute atomic E-state index is 0.0199. The average molecular weight is 600 g/mol. The number of esters is 1. The molecule has 43 heavy (non-hydrogen) atoms. The van der Waals surface area contributed by atoms with Crippen LogP contribution < -0.4 is 10.6 Å². The van der Waals surface area contributed by atoms with Crippen molar-refractivity contribution >= 4 is 18.0 Å². The molecule has 13 heteroatoms. The summed E-state index contributed by atoms with van der Waals surface area (Å²) in [5.74, 6) is -2.87. The third kappa shape index (κ3) is 6.38. The molecule has 1 aliphatic carbocycles. The first-order valence-electron chi connectivity index (χ1n) is 14.2. The number of halogens is 2. The topological polar surface area (TPSA) is 133 Å². The molecule has 0 radical (unpaired) electrons. The maximum absolute atomic E-state index is 14.3. The van der Waals surface area contributed by atoms with Crippen molar-refractivity contribution in [2.75, 3.05) is 33.9 Å². The zero-order valence-corrected chi connectivity index (χ0v) is 24.0. The number of ether oxygens (including phenoxy) is 2. The molecular weight excluding hydrogens is 564 g/mol. The second-order valence-corrected chi connectivity index (χ2v) is 11.0. The van der Waals surface area contributed by atoms with Crippen LogP contribution in [0.1, 0.15) is 48.9 Å². The van der Waals surface area contributed by atoms with Gasteiger partial charge in [-0.05, 0) is 55.5 Å². The highest BCUT2D eigenvalue weighted by atomic mass is 19.2. The van der Waals surface area contributed by atoms with Gasteiger partial charge >= 0.3 is 18.0 Å². The molecule has 230 valence electrons. The summed E-state index contributed by atoms with van der Waals surface area (Å²) in [4.78, 5) is 47.3. The van der Waals surface area contributed by atoms with E-state index in [1.54, 1.807) is 6.20 Å². The number of rotatable bonds is 7. The molecule has 1 unspecified atom stereocenters. The number of carbonyl (C=O) groups is 3. The number of nitrogens with one attached hydrogen (secondary N) is 2. The lowest BCUT2D eigenvalue weighted by Gasteiger charge is -2.37. The SMILES string of the molecule is COCC1=C(C(=O)OC)C(c2ccc(F)c(F)c2)N(C(=O)N[C@H]2CN(C3CCC(c4ccccn4)CC3)C[C@@H]2O)C(=O)N1. The van der Waals surface area contributed by atoms with E-state index in [1.165, 1.54) is 13.2 Å². The number of carbonyl (C=O) groups excluding carboxylic acids is 3. The van der Waals surface area contributed by atoms with Crippen LogP contribution in [0.15, 0.2) is 53.9 Å². The van der Waals surface area contributed by atoms with E-state index in [1.807, 2.05) is 18.2 Å². The molecule has 3 heterocycles. The Labute approximate surface area is 247 Å². The largest absolute Gasteiger partial charge is 0.466 e. The van der Waals surface area contributed by atoms with Crippen LogP contribution >= 0.6 is 0 Å². The third-order valence-corrected chi connectivity index (χ3v) is 8.45. The van der Waals surface area contributed by atoms with Gasteiger partial charge in [0.1, 0.15) is 6.04 Å². The van der Waals surface area contributed by atoms with Crippen molar-refractivity contribution in [3.8, 4) is 0 Å². The number of β-amino-alcohol motifs (C(OH)–C–C–N with tert-alkyl or cyclic N) is 1. The number of amides is 4. The summed E-state index contributed by atoms with van der Waals surface area (Å²) >= 11 is 0. The zero-order chi connectivity index (χ0) is 30.7. The maximum atomic E-state index is 14.3. The third-order valence-electron chi connectivity index (χ3n) is 8.45. The Kier molecular flexibility index (Phi) is 9.33. The fourth-order valence-corrected chi connectivity index (χ4v) is 6.32. The number of nitrogens with zero attached hydrogens (tertiary/aromatic N) is 3. The molecule has 1 saturated heterocycles. The van der Waals surface area contributed by atoms with Crippen LogP contribution in [-0.2, 0) is 14.3 Å². The Balaban J connectivity index is 1.34. The molecule has 3 aliphatic rings. The van der Waals surface area contributed by atoms with Gasteiger partial charge in [0.2, 0.25) is 0 Å². The first-order chi connectivity index (χ1) is 20.7. The van der Waals surface area contributed by atoms with E-state index >= 15 is 0 Å². The fraction of sp³-hybridized carbons (Fsp3) is 0.467. The number of likely N-dealkylation sites (tertiary alicyclic amines) is 1. The van der Waals surface area contributed by atoms with Gasteiger partial charge in [0, 0.05) is 44.0 Å². The van der Waals surface area contributed by atoms with E-state index in [9.17, 15) is 28.3 Å². The lowest BCUT2D eigenvalue weighted by molar-refractivity contribution is -0.137. The van der Waals surface area contributed by atoms with Crippen LogP contribution in [0.25, 0.3) is 0 Å². The standard InChI is InChI=1S/C30H35F2N5O6/c1-42-16-24-26(28(39)43-2)27(18-8-11-20(31)21(32)13-18)37(30(41)35-24)29(40)34-23-14-36(15-25(23)38)19-9-6-17(7-10-19)22-5-3-4-12-33-22/h3-5,8,11-13,17,19,23,25,27,38H,6-7,9-10,14-16H2,1-2H3,(H,34,40)(H,35,41)/t17?,19?,23-,25-,27?/m0/s1. The van der Waals surface area contributed by atoms with Gasteiger partial charge in [-0.25, -0.2) is 28.1 Å². The highest BCUT2D eigenvalue weighted by molar-refractivity contribution is 6.01. The molecule has 11 nitrogen and oxygen atoms in total. The van der Waals surface area contributed by atoms with Crippen molar-refractivity contribution in [1.29, 1.82) is 0 Å². The number of aliphatic hydroxyl groups excluding tert-OH is 1. The minimum atomic E-state index is -1.46. The van der Waals surface area contributed by atoms with Gasteiger partial charge in [0.05, 0.1) is 37.1 Å². The summed E-state index contributed by atoms with van der Waals surface area (Å²) < 4.78 is 38.2. The van der Waals surface area contributed by atoms with Crippen LogP contribution in [0, 0.1) is 11.6 Å². The molecule has 5 rings (SSSR count). The quantitative estimate of drug-likeness (QED) is 0.414. The number of aromatic nitrogens is 1. The van der Waals surface area contributed by atoms with Crippen LogP contribution in [0.2, 0.25) is 0 Å². The molecule has 2 aliphatic heterocycles. The van der Waals surface area contributed by atoms with Crippen molar-refractivity contribution in [3.05, 3.63) is 76.8 Å². The predicted octanol–water partition coefficient (Wildman–Crippen LogP) is 2.98. The summed E-state index contributed by atoms with van der Waals surface area (Å²) in [6.45, 7) is 0.477. The van der Waals surface area contributed by atoms with Gasteiger partial charge < -0.3 is 25.2 Å². The van der Waals surface area contributed by atoms with Crippen molar-refractivity contribution in [2.24, 2.45) is 0 Å². The van der Waals surface area contributed by atoms with Crippen molar-refractivity contribution in [3.63, 3.8) is 0 Å². The van der Waals surface area contributed by atoms with E-state index in [4.69, 9.17) is 9.47 Å². The molecule has 3 N–H and O–H groups in total. The summed E-state index contributed by atoms with van der Waals surface area (Å²) in [5, 5.41) is 16.1. The minimum Gasteiger partial charge on any atom is -0.466 e. The van der Waals surface area contributed by atoms with E-state index in [2.05, 4.69) is 20.5 Å². The number of imide groups is 1. The number of hydrogen-bond acceptors (Lipinski definition) is 8. The number of methoxy groups -OCH3 is 2. The van der Waals surface area contributed by atoms with Gasteiger partial charge in [0.15, 0.2) is 11.6 Å². The fourth-order valence-electron chi connectivity index (χ4n) is 6.32. The second kappa shape index (κ2) is 13.1. The summed E-state index contributed by atoms with van der Waals surface area (Å²) in [7, 11) is 2.47. The van der Waals surface area contributed by atoms with E-state index in [0.29, 0.717) is 23.9 Å². The summed E-state index contributed by atoms with van der Waals surface area (Å²) in [5.41, 5.74) is 0.892. The van der Waals surface area contributed by atoms with Crippen LogP contribution in [-0.4, -0.2) is 90.0 Å². The van der Waals surface area contributed by atoms with Gasteiger partial charge in [-0.15, -0.1) is 0 Å². The Hall–Kier alpha value is -3.94. The van der Waals surface area contributed by atoms with Gasteiger partial charge in [-0.3, -0.25) is 9.88 Å². The normalized spacial score (nSPS) is 26.3. The maximum Gasteiger partial charge on any atom is 0.338 e. The summed E-state index contributed by atoms with van der Waals surface area (Å²) in [6.07, 6.45) is 4.64. The molecule has 4 amide bonds. The first kappa shape index (κ1) is 30.5. The molecule has 1 aromatic heterocycles. The van der Waals surface area contributed by atoms with Gasteiger partial charge in [-0.1, -0.05) is 12.1 Å². The molecule has 1 aromatic carbocycles. The molecular formula is C30H35F2N5O6. The predicted molar refractivity (Wildman–Crippen MR) is 150 cm³/mol. The van der Waals surface area contributed by atoms with E-state index < -0.39 is 47.9 Å². The Morgan fingerprint density at radius 1 is 1.09 bits per heavy atom.